The number of hydrogen-bond acceptors (Lipinski definition) is 2. The number of rotatable bonds is 0. The first-order valence-electron chi connectivity index (χ1n) is 4.00. The van der Waals surface area contributed by atoms with Crippen LogP contribution in [0.25, 0.3) is 10.9 Å². The lowest BCUT2D eigenvalue weighted by molar-refractivity contribution is -0.136. The average Bonchev–Trinajstić information content (AvgIpc) is 2.15. The van der Waals surface area contributed by atoms with Crippen LogP contribution in [0, 0.1) is 0 Å². The number of nitrogens with zero attached hydrogens (tertiary/aromatic N) is 1. The summed E-state index contributed by atoms with van der Waals surface area (Å²) in [6, 6.07) is 6.90. The first kappa shape index (κ1) is 11.5. The summed E-state index contributed by atoms with van der Waals surface area (Å²) in [7, 11) is 0. The fraction of sp³-hybridized carbons (Fsp3) is 0.100. The van der Waals surface area contributed by atoms with Crippen molar-refractivity contribution < 1.29 is 13.2 Å². The predicted octanol–water partition coefficient (Wildman–Crippen LogP) is 3.42. The third kappa shape index (κ3) is 2.07. The second kappa shape index (κ2) is 3.86. The third-order valence-electron chi connectivity index (χ3n) is 1.95. The average molecular weight is 214 g/mol. The molecule has 5 heteroatoms. The first-order valence-corrected chi connectivity index (χ1v) is 4.00. The van der Waals surface area contributed by atoms with E-state index in [1.165, 1.54) is 24.4 Å². The molecule has 0 saturated carbocycles. The van der Waals surface area contributed by atoms with Gasteiger partial charge in [-0.05, 0) is 18.2 Å². The zero-order chi connectivity index (χ0) is 10.2. The summed E-state index contributed by atoms with van der Waals surface area (Å²) in [6.45, 7) is 0. The van der Waals surface area contributed by atoms with Crippen LogP contribution in [0.5, 0.6) is 0 Å². The standard InChI is InChI=1S/C10H6F3N.H3N/c11-10(12,13)8-4-1-5-9-7(8)3-2-6-14-9;/h1-6H;1H3. The monoisotopic (exact) mass is 214 g/mol. The number of hydrogen-bond donors (Lipinski definition) is 1. The molecule has 3 N–H and O–H groups in total. The highest BCUT2D eigenvalue weighted by atomic mass is 19.4. The van der Waals surface area contributed by atoms with Crippen LogP contribution in [0.15, 0.2) is 36.5 Å². The highest BCUT2D eigenvalue weighted by Gasteiger charge is 2.32. The predicted molar refractivity (Wildman–Crippen MR) is 51.8 cm³/mol. The number of halogens is 3. The third-order valence-corrected chi connectivity index (χ3v) is 1.95. The normalized spacial score (nSPS) is 11.1. The molecule has 0 aliphatic heterocycles. The second-order valence-corrected chi connectivity index (χ2v) is 2.87. The van der Waals surface area contributed by atoms with E-state index in [0.29, 0.717) is 5.52 Å². The van der Waals surface area contributed by atoms with Gasteiger partial charge in [0.2, 0.25) is 0 Å². The molecule has 0 atom stereocenters. The number of alkyl halides is 3. The van der Waals surface area contributed by atoms with Gasteiger partial charge in [0.05, 0.1) is 11.1 Å². The molecule has 15 heavy (non-hydrogen) atoms. The Labute approximate surface area is 84.3 Å². The highest BCUT2D eigenvalue weighted by molar-refractivity contribution is 5.82. The molecule has 0 unspecified atom stereocenters. The van der Waals surface area contributed by atoms with Crippen LogP contribution in [0.3, 0.4) is 0 Å². The van der Waals surface area contributed by atoms with Gasteiger partial charge in [-0.3, -0.25) is 4.98 Å². The lowest BCUT2D eigenvalue weighted by Crippen LogP contribution is -2.05. The van der Waals surface area contributed by atoms with Gasteiger partial charge in [0.25, 0.3) is 0 Å². The number of pyridine rings is 1. The molecule has 0 bridgehead atoms. The zero-order valence-corrected chi connectivity index (χ0v) is 7.75. The van der Waals surface area contributed by atoms with Gasteiger partial charge in [-0.1, -0.05) is 12.1 Å². The van der Waals surface area contributed by atoms with Crippen molar-refractivity contribution in [2.24, 2.45) is 0 Å². The van der Waals surface area contributed by atoms with E-state index in [-0.39, 0.29) is 11.5 Å². The van der Waals surface area contributed by atoms with Crippen molar-refractivity contribution in [1.82, 2.24) is 11.1 Å². The summed E-state index contributed by atoms with van der Waals surface area (Å²) in [5.41, 5.74) is -0.273. The minimum Gasteiger partial charge on any atom is -0.344 e. The van der Waals surface area contributed by atoms with E-state index in [9.17, 15) is 13.2 Å². The minimum absolute atomic E-state index is 0. The van der Waals surface area contributed by atoms with E-state index >= 15 is 0 Å². The Hall–Kier alpha value is -1.62. The molecule has 2 rings (SSSR count). The maximum atomic E-state index is 12.5. The van der Waals surface area contributed by atoms with Gasteiger partial charge < -0.3 is 6.15 Å². The Morgan fingerprint density at radius 2 is 1.73 bits per heavy atom. The van der Waals surface area contributed by atoms with Gasteiger partial charge in [-0.2, -0.15) is 13.2 Å². The highest BCUT2D eigenvalue weighted by Crippen LogP contribution is 2.33. The fourth-order valence-electron chi connectivity index (χ4n) is 1.35. The lowest BCUT2D eigenvalue weighted by Gasteiger charge is -2.08. The van der Waals surface area contributed by atoms with Crippen molar-refractivity contribution in [2.45, 2.75) is 6.18 Å². The van der Waals surface area contributed by atoms with Gasteiger partial charge >= 0.3 is 6.18 Å². The summed E-state index contributed by atoms with van der Waals surface area (Å²) < 4.78 is 37.5. The molecule has 2 nitrogen and oxygen atoms in total. The zero-order valence-electron chi connectivity index (χ0n) is 7.75. The molecule has 0 saturated heterocycles. The molecule has 0 radical (unpaired) electrons. The van der Waals surface area contributed by atoms with Crippen LogP contribution in [0.2, 0.25) is 0 Å². The van der Waals surface area contributed by atoms with Gasteiger partial charge in [0.15, 0.2) is 0 Å². The van der Waals surface area contributed by atoms with Crippen molar-refractivity contribution in [3.63, 3.8) is 0 Å². The fourth-order valence-corrected chi connectivity index (χ4v) is 1.35. The molecule has 2 aromatic rings. The van der Waals surface area contributed by atoms with Gasteiger partial charge in [0.1, 0.15) is 0 Å². The molecular formula is C10H9F3N2. The molecular weight excluding hydrogens is 205 g/mol. The van der Waals surface area contributed by atoms with Gasteiger partial charge in [-0.15, -0.1) is 0 Å². The number of fused-ring (bicyclic) bond motifs is 1. The van der Waals surface area contributed by atoms with E-state index in [1.54, 1.807) is 6.07 Å². The summed E-state index contributed by atoms with van der Waals surface area (Å²) in [6.07, 6.45) is -2.84. The maximum absolute atomic E-state index is 12.5. The summed E-state index contributed by atoms with van der Waals surface area (Å²) in [5, 5.41) is 0.141. The smallest absolute Gasteiger partial charge is 0.344 e. The van der Waals surface area contributed by atoms with Crippen LogP contribution < -0.4 is 6.15 Å². The summed E-state index contributed by atoms with van der Waals surface area (Å²) >= 11 is 0. The van der Waals surface area contributed by atoms with Crippen molar-refractivity contribution in [3.8, 4) is 0 Å². The van der Waals surface area contributed by atoms with E-state index in [0.717, 1.165) is 6.07 Å². The molecule has 0 aliphatic carbocycles. The molecule has 1 heterocycles. The second-order valence-electron chi connectivity index (χ2n) is 2.87. The van der Waals surface area contributed by atoms with Gasteiger partial charge in [-0.25, -0.2) is 0 Å². The molecule has 0 aliphatic rings. The van der Waals surface area contributed by atoms with Crippen LogP contribution in [-0.4, -0.2) is 4.98 Å². The van der Waals surface area contributed by atoms with E-state index in [1.807, 2.05) is 0 Å². The summed E-state index contributed by atoms with van der Waals surface area (Å²) in [5.74, 6) is 0. The van der Waals surface area contributed by atoms with E-state index in [2.05, 4.69) is 4.98 Å². The molecule has 0 spiro atoms. The van der Waals surface area contributed by atoms with Crippen LogP contribution >= 0.6 is 0 Å². The molecule has 1 aromatic heterocycles. The van der Waals surface area contributed by atoms with Crippen molar-refractivity contribution in [3.05, 3.63) is 42.1 Å². The van der Waals surface area contributed by atoms with E-state index in [4.69, 9.17) is 0 Å². The number of benzene rings is 1. The Morgan fingerprint density at radius 3 is 2.40 bits per heavy atom. The quantitative estimate of drug-likeness (QED) is 0.730. The SMILES string of the molecule is FC(F)(F)c1cccc2ncccc12.N. The molecule has 1 aromatic carbocycles. The largest absolute Gasteiger partial charge is 0.417 e. The van der Waals surface area contributed by atoms with Crippen LogP contribution in [-0.2, 0) is 6.18 Å². The molecule has 0 amide bonds. The van der Waals surface area contributed by atoms with Crippen molar-refractivity contribution in [2.75, 3.05) is 0 Å². The Bertz CT molecular complexity index is 460. The maximum Gasteiger partial charge on any atom is 0.417 e. The number of aromatic nitrogens is 1. The van der Waals surface area contributed by atoms with Crippen LogP contribution in [0.4, 0.5) is 13.2 Å². The molecule has 80 valence electrons. The topological polar surface area (TPSA) is 47.9 Å². The molecule has 0 fully saturated rings. The van der Waals surface area contributed by atoms with Crippen molar-refractivity contribution >= 4 is 10.9 Å². The van der Waals surface area contributed by atoms with E-state index < -0.39 is 11.7 Å². The Balaban J connectivity index is 0.00000112. The Morgan fingerprint density at radius 1 is 1.00 bits per heavy atom. The lowest BCUT2D eigenvalue weighted by atomic mass is 10.1. The first-order chi connectivity index (χ1) is 6.59. The van der Waals surface area contributed by atoms with Gasteiger partial charge in [0, 0.05) is 11.6 Å². The van der Waals surface area contributed by atoms with Crippen LogP contribution in [0.1, 0.15) is 5.56 Å². The Kier molecular flexibility index (Phi) is 2.95. The minimum atomic E-state index is -4.32. The van der Waals surface area contributed by atoms with Crippen molar-refractivity contribution in [1.29, 1.82) is 0 Å². The summed E-state index contributed by atoms with van der Waals surface area (Å²) in [4.78, 5) is 3.86.